The van der Waals surface area contributed by atoms with Crippen LogP contribution in [0.2, 0.25) is 0 Å². The highest BCUT2D eigenvalue weighted by atomic mass is 16.5. The quantitative estimate of drug-likeness (QED) is 0.834. The summed E-state index contributed by atoms with van der Waals surface area (Å²) in [6, 6.07) is 12.8. The van der Waals surface area contributed by atoms with Gasteiger partial charge in [0.1, 0.15) is 11.4 Å². The number of aryl methyl sites for hydroxylation is 1. The van der Waals surface area contributed by atoms with Crippen LogP contribution in [0.25, 0.3) is 0 Å². The highest BCUT2D eigenvalue weighted by molar-refractivity contribution is 6.01. The number of Topliss-reactive ketones (excluding diaryl/α,β-unsaturated/α-hetero) is 1. The second-order valence-corrected chi connectivity index (χ2v) is 8.58. The Labute approximate surface area is 175 Å². The monoisotopic (exact) mass is 404 g/mol. The number of nitrogens with one attached hydrogen (secondary N) is 1. The van der Waals surface area contributed by atoms with Crippen LogP contribution in [0.15, 0.2) is 42.5 Å². The highest BCUT2D eigenvalue weighted by Gasteiger charge is 2.44. The van der Waals surface area contributed by atoms with Crippen LogP contribution in [0.5, 0.6) is 5.75 Å². The molecule has 30 heavy (non-hydrogen) atoms. The number of carbonyl (C=O) groups is 3. The van der Waals surface area contributed by atoms with Gasteiger partial charge in [-0.25, -0.2) is 0 Å². The van der Waals surface area contributed by atoms with Crippen molar-refractivity contribution >= 4 is 17.6 Å². The molecule has 1 N–H and O–H groups in total. The average Bonchev–Trinajstić information content (AvgIpc) is 3.05. The summed E-state index contributed by atoms with van der Waals surface area (Å²) in [5, 5.41) is 2.91. The number of rotatable bonds is 2. The molecule has 3 aliphatic rings. The van der Waals surface area contributed by atoms with Gasteiger partial charge in [0.05, 0.1) is 24.4 Å². The fraction of sp³-hybridized carbons (Fsp3) is 0.375. The van der Waals surface area contributed by atoms with Gasteiger partial charge in [-0.1, -0.05) is 29.8 Å². The minimum atomic E-state index is -0.524. The van der Waals surface area contributed by atoms with Crippen LogP contribution >= 0.6 is 0 Å². The number of benzene rings is 2. The molecule has 2 aromatic carbocycles. The summed E-state index contributed by atoms with van der Waals surface area (Å²) in [6.07, 6.45) is 1.87. The van der Waals surface area contributed by atoms with Crippen molar-refractivity contribution in [1.29, 1.82) is 0 Å². The van der Waals surface area contributed by atoms with Gasteiger partial charge in [0.25, 0.3) is 5.91 Å². The van der Waals surface area contributed by atoms with Crippen LogP contribution in [-0.2, 0) is 4.79 Å². The standard InChI is InChI=1S/C24H24N2O4/c1-15-6-7-21-18(12-15)20(27)14-24(30-21)8-10-26(11-9-24)22(28)13-19-16-4-2-3-5-17(16)23(29)25-19/h2-7,12,19H,8-11,13-14H2,1H3,(H,25,29)/t19-/m1/s1. The van der Waals surface area contributed by atoms with E-state index in [9.17, 15) is 14.4 Å². The lowest BCUT2D eigenvalue weighted by Crippen LogP contribution is -2.52. The third-order valence-corrected chi connectivity index (χ3v) is 6.54. The van der Waals surface area contributed by atoms with E-state index in [0.29, 0.717) is 49.2 Å². The van der Waals surface area contributed by atoms with Gasteiger partial charge in [-0.15, -0.1) is 0 Å². The van der Waals surface area contributed by atoms with Gasteiger partial charge in [-0.2, -0.15) is 0 Å². The molecule has 0 radical (unpaired) electrons. The number of hydrogen-bond donors (Lipinski definition) is 1. The molecule has 1 atom stereocenters. The van der Waals surface area contributed by atoms with Crippen molar-refractivity contribution in [3.8, 4) is 5.75 Å². The van der Waals surface area contributed by atoms with Gasteiger partial charge in [0.15, 0.2) is 5.78 Å². The zero-order valence-corrected chi connectivity index (χ0v) is 16.9. The van der Waals surface area contributed by atoms with Crippen LogP contribution in [0, 0.1) is 6.92 Å². The van der Waals surface area contributed by atoms with E-state index < -0.39 is 5.60 Å². The van der Waals surface area contributed by atoms with Crippen LogP contribution < -0.4 is 10.1 Å². The molecule has 0 aliphatic carbocycles. The summed E-state index contributed by atoms with van der Waals surface area (Å²) in [6.45, 7) is 3.07. The van der Waals surface area contributed by atoms with E-state index in [4.69, 9.17) is 4.74 Å². The Hall–Kier alpha value is -3.15. The Morgan fingerprint density at radius 3 is 2.70 bits per heavy atom. The van der Waals surface area contributed by atoms with Crippen LogP contribution in [-0.4, -0.2) is 41.2 Å². The van der Waals surface area contributed by atoms with Crippen molar-refractivity contribution in [3.05, 3.63) is 64.7 Å². The Morgan fingerprint density at radius 2 is 1.90 bits per heavy atom. The van der Waals surface area contributed by atoms with Crippen molar-refractivity contribution in [2.45, 2.75) is 44.2 Å². The van der Waals surface area contributed by atoms with E-state index in [0.717, 1.165) is 11.1 Å². The first kappa shape index (κ1) is 18.9. The van der Waals surface area contributed by atoms with E-state index in [2.05, 4.69) is 5.32 Å². The molecule has 154 valence electrons. The van der Waals surface area contributed by atoms with E-state index in [1.165, 1.54) is 0 Å². The molecule has 3 aliphatic heterocycles. The molecule has 0 aromatic heterocycles. The molecule has 0 bridgehead atoms. The van der Waals surface area contributed by atoms with Gasteiger partial charge in [-0.05, 0) is 30.7 Å². The first-order valence-corrected chi connectivity index (χ1v) is 10.4. The fourth-order valence-corrected chi connectivity index (χ4v) is 4.84. The number of likely N-dealkylation sites (tertiary alicyclic amines) is 1. The van der Waals surface area contributed by atoms with Crippen molar-refractivity contribution in [2.75, 3.05) is 13.1 Å². The van der Waals surface area contributed by atoms with E-state index in [1.54, 1.807) is 6.07 Å². The maximum Gasteiger partial charge on any atom is 0.252 e. The summed E-state index contributed by atoms with van der Waals surface area (Å²) >= 11 is 0. The normalized spacial score (nSPS) is 21.6. The molecule has 1 spiro atoms. The van der Waals surface area contributed by atoms with E-state index in [-0.39, 0.29) is 30.1 Å². The maximum atomic E-state index is 12.9. The molecule has 1 saturated heterocycles. The largest absolute Gasteiger partial charge is 0.486 e. The lowest BCUT2D eigenvalue weighted by molar-refractivity contribution is -0.135. The molecule has 0 saturated carbocycles. The summed E-state index contributed by atoms with van der Waals surface area (Å²) in [5.41, 5.74) is 2.72. The molecule has 1 fully saturated rings. The number of ketones is 1. The molecule has 3 heterocycles. The molecule has 5 rings (SSSR count). The second-order valence-electron chi connectivity index (χ2n) is 8.58. The topological polar surface area (TPSA) is 75.7 Å². The van der Waals surface area contributed by atoms with E-state index >= 15 is 0 Å². The molecule has 2 amide bonds. The minimum Gasteiger partial charge on any atom is -0.486 e. The van der Waals surface area contributed by atoms with Crippen LogP contribution in [0.1, 0.15) is 63.6 Å². The highest BCUT2D eigenvalue weighted by Crippen LogP contribution is 2.40. The Morgan fingerprint density at radius 1 is 1.13 bits per heavy atom. The van der Waals surface area contributed by atoms with Crippen molar-refractivity contribution in [1.82, 2.24) is 10.2 Å². The van der Waals surface area contributed by atoms with Crippen LogP contribution in [0.3, 0.4) is 0 Å². The van der Waals surface area contributed by atoms with Crippen molar-refractivity contribution in [3.63, 3.8) is 0 Å². The number of fused-ring (bicyclic) bond motifs is 2. The Balaban J connectivity index is 1.24. The molecule has 6 nitrogen and oxygen atoms in total. The van der Waals surface area contributed by atoms with Gasteiger partial charge in [0.2, 0.25) is 5.91 Å². The smallest absolute Gasteiger partial charge is 0.252 e. The van der Waals surface area contributed by atoms with E-state index in [1.807, 2.05) is 48.2 Å². The van der Waals surface area contributed by atoms with Gasteiger partial charge in [-0.3, -0.25) is 14.4 Å². The average molecular weight is 404 g/mol. The van der Waals surface area contributed by atoms with Crippen molar-refractivity contribution < 1.29 is 19.1 Å². The Bertz CT molecular complexity index is 1050. The van der Waals surface area contributed by atoms with Gasteiger partial charge < -0.3 is 15.0 Å². The van der Waals surface area contributed by atoms with Crippen molar-refractivity contribution in [2.24, 2.45) is 0 Å². The molecular weight excluding hydrogens is 380 g/mol. The second kappa shape index (κ2) is 6.97. The molecule has 2 aromatic rings. The molecule has 0 unspecified atom stereocenters. The summed E-state index contributed by atoms with van der Waals surface area (Å²) < 4.78 is 6.29. The summed E-state index contributed by atoms with van der Waals surface area (Å²) in [5.74, 6) is 0.668. The first-order chi connectivity index (χ1) is 14.4. The number of carbonyl (C=O) groups excluding carboxylic acids is 3. The third kappa shape index (κ3) is 3.16. The molecule has 6 heteroatoms. The SMILES string of the molecule is Cc1ccc2c(c1)C(=O)CC1(CCN(C(=O)C[C@H]3NC(=O)c4ccccc43)CC1)O2. The lowest BCUT2D eigenvalue weighted by Gasteiger charge is -2.44. The zero-order chi connectivity index (χ0) is 20.9. The predicted octanol–water partition coefficient (Wildman–Crippen LogP) is 3.20. The lowest BCUT2D eigenvalue weighted by atomic mass is 9.82. The number of nitrogens with zero attached hydrogens (tertiary/aromatic N) is 1. The molecular formula is C24H24N2O4. The van der Waals surface area contributed by atoms with Gasteiger partial charge in [0, 0.05) is 31.5 Å². The third-order valence-electron chi connectivity index (χ3n) is 6.54. The Kier molecular flexibility index (Phi) is 4.38. The number of ether oxygens (including phenoxy) is 1. The predicted molar refractivity (Wildman–Crippen MR) is 111 cm³/mol. The maximum absolute atomic E-state index is 12.9. The number of hydrogen-bond acceptors (Lipinski definition) is 4. The number of piperidine rings is 1. The first-order valence-electron chi connectivity index (χ1n) is 10.4. The summed E-state index contributed by atoms with van der Waals surface area (Å²) in [4.78, 5) is 39.5. The fourth-order valence-electron chi connectivity index (χ4n) is 4.84. The summed E-state index contributed by atoms with van der Waals surface area (Å²) in [7, 11) is 0. The van der Waals surface area contributed by atoms with Gasteiger partial charge >= 0.3 is 0 Å². The van der Waals surface area contributed by atoms with Crippen LogP contribution in [0.4, 0.5) is 0 Å². The number of amides is 2. The minimum absolute atomic E-state index is 0.0185. The zero-order valence-electron chi connectivity index (χ0n) is 16.9.